The van der Waals surface area contributed by atoms with Crippen LogP contribution in [0.1, 0.15) is 11.1 Å². The minimum Gasteiger partial charge on any atom is -0.497 e. The van der Waals surface area contributed by atoms with Gasteiger partial charge in [0.05, 0.1) is 17.7 Å². The lowest BCUT2D eigenvalue weighted by Gasteiger charge is -2.23. The zero-order valence-electron chi connectivity index (χ0n) is 17.6. The Morgan fingerprint density at radius 3 is 2.00 bits per heavy atom. The van der Waals surface area contributed by atoms with Crippen LogP contribution in [0, 0.1) is 13.8 Å². The molecule has 32 heavy (non-hydrogen) atoms. The molecule has 0 spiro atoms. The van der Waals surface area contributed by atoms with Crippen molar-refractivity contribution in [3.05, 3.63) is 81.8 Å². The van der Waals surface area contributed by atoms with Gasteiger partial charge in [0.15, 0.2) is 6.61 Å². The van der Waals surface area contributed by atoms with E-state index in [0.717, 1.165) is 11.1 Å². The first-order chi connectivity index (χ1) is 15.1. The molecule has 9 heteroatoms. The molecule has 168 valence electrons. The standard InChI is InChI=1S/C23H21Cl2NO5S/c1-15-12-20(13-16(2)23(15)25)31-14-22(27)26(18-6-8-19(30-3)9-7-18)32(28,29)21-10-4-17(24)5-11-21/h4-13H,14H2,1-3H3. The lowest BCUT2D eigenvalue weighted by atomic mass is 10.1. The van der Waals surface area contributed by atoms with E-state index in [2.05, 4.69) is 0 Å². The molecule has 3 rings (SSSR count). The molecular weight excluding hydrogens is 473 g/mol. The largest absolute Gasteiger partial charge is 0.497 e. The van der Waals surface area contributed by atoms with E-state index in [4.69, 9.17) is 32.7 Å². The molecule has 0 aliphatic heterocycles. The van der Waals surface area contributed by atoms with E-state index >= 15 is 0 Å². The van der Waals surface area contributed by atoms with Crippen molar-refractivity contribution in [2.75, 3.05) is 18.0 Å². The number of hydrogen-bond donors (Lipinski definition) is 0. The Hall–Kier alpha value is -2.74. The number of anilines is 1. The lowest BCUT2D eigenvalue weighted by molar-refractivity contribution is -0.119. The predicted molar refractivity (Wildman–Crippen MR) is 126 cm³/mol. The zero-order chi connectivity index (χ0) is 23.5. The van der Waals surface area contributed by atoms with E-state index in [-0.39, 0.29) is 10.6 Å². The van der Waals surface area contributed by atoms with Crippen LogP contribution >= 0.6 is 23.2 Å². The number of rotatable bonds is 7. The van der Waals surface area contributed by atoms with Gasteiger partial charge in [-0.15, -0.1) is 0 Å². The van der Waals surface area contributed by atoms with Crippen molar-refractivity contribution >= 4 is 44.8 Å². The van der Waals surface area contributed by atoms with E-state index in [1.807, 2.05) is 13.8 Å². The summed E-state index contributed by atoms with van der Waals surface area (Å²) in [5, 5.41) is 0.983. The highest BCUT2D eigenvalue weighted by atomic mass is 35.5. The van der Waals surface area contributed by atoms with E-state index in [9.17, 15) is 13.2 Å². The number of carbonyl (C=O) groups excluding carboxylic acids is 1. The minimum atomic E-state index is -4.23. The van der Waals surface area contributed by atoms with Crippen LogP contribution in [0.2, 0.25) is 10.0 Å². The van der Waals surface area contributed by atoms with Crippen LogP contribution in [0.25, 0.3) is 0 Å². The molecule has 0 atom stereocenters. The van der Waals surface area contributed by atoms with Crippen LogP contribution in [0.5, 0.6) is 11.5 Å². The smallest absolute Gasteiger partial charge is 0.278 e. The summed E-state index contributed by atoms with van der Waals surface area (Å²) in [7, 11) is -2.74. The number of nitrogens with zero attached hydrogens (tertiary/aromatic N) is 1. The summed E-state index contributed by atoms with van der Waals surface area (Å²) in [4.78, 5) is 13.1. The van der Waals surface area contributed by atoms with E-state index in [1.54, 1.807) is 24.3 Å². The molecule has 6 nitrogen and oxygen atoms in total. The molecule has 0 N–H and O–H groups in total. The molecule has 0 saturated heterocycles. The van der Waals surface area contributed by atoms with Crippen molar-refractivity contribution in [3.63, 3.8) is 0 Å². The fourth-order valence-electron chi connectivity index (χ4n) is 3.04. The molecule has 0 aromatic heterocycles. The number of carbonyl (C=O) groups is 1. The summed E-state index contributed by atoms with van der Waals surface area (Å²) < 4.78 is 38.2. The Morgan fingerprint density at radius 1 is 0.906 bits per heavy atom. The highest BCUT2D eigenvalue weighted by molar-refractivity contribution is 7.93. The molecule has 0 fully saturated rings. The average molecular weight is 494 g/mol. The number of sulfonamides is 1. The maximum Gasteiger partial charge on any atom is 0.278 e. The Kier molecular flexibility index (Phi) is 7.33. The highest BCUT2D eigenvalue weighted by Gasteiger charge is 2.31. The van der Waals surface area contributed by atoms with Gasteiger partial charge in [-0.1, -0.05) is 23.2 Å². The first-order valence-corrected chi connectivity index (χ1v) is 11.7. The Bertz CT molecular complexity index is 1200. The van der Waals surface area contributed by atoms with Crippen molar-refractivity contribution in [1.82, 2.24) is 0 Å². The van der Waals surface area contributed by atoms with Crippen molar-refractivity contribution in [3.8, 4) is 11.5 Å². The third kappa shape index (κ3) is 5.18. The summed E-state index contributed by atoms with van der Waals surface area (Å²) in [5.74, 6) is 0.167. The average Bonchev–Trinajstić information content (AvgIpc) is 2.76. The number of benzene rings is 3. The molecule has 0 heterocycles. The lowest BCUT2D eigenvalue weighted by Crippen LogP contribution is -2.40. The van der Waals surface area contributed by atoms with Gasteiger partial charge < -0.3 is 9.47 Å². The Labute approximate surface area is 197 Å². The quantitative estimate of drug-likeness (QED) is 0.439. The van der Waals surface area contributed by atoms with E-state index in [0.29, 0.717) is 25.8 Å². The molecule has 0 bridgehead atoms. The molecule has 0 saturated carbocycles. The SMILES string of the molecule is COc1ccc(N(C(=O)COc2cc(C)c(Cl)c(C)c2)S(=O)(=O)c2ccc(Cl)cc2)cc1. The van der Waals surface area contributed by atoms with Gasteiger partial charge in [0, 0.05) is 10.0 Å². The number of amides is 1. The topological polar surface area (TPSA) is 72.9 Å². The number of ether oxygens (including phenoxy) is 2. The van der Waals surface area contributed by atoms with Crippen molar-refractivity contribution < 1.29 is 22.7 Å². The van der Waals surface area contributed by atoms with Gasteiger partial charge in [-0.2, -0.15) is 4.31 Å². The van der Waals surface area contributed by atoms with Crippen LogP contribution in [-0.4, -0.2) is 28.0 Å². The molecular formula is C23H21Cl2NO5S. The normalized spacial score (nSPS) is 11.2. The molecule has 1 amide bonds. The van der Waals surface area contributed by atoms with Crippen LogP contribution in [-0.2, 0) is 14.8 Å². The third-order valence-electron chi connectivity index (χ3n) is 4.66. The van der Waals surface area contributed by atoms with Gasteiger partial charge in [-0.3, -0.25) is 4.79 Å². The molecule has 3 aromatic carbocycles. The van der Waals surface area contributed by atoms with E-state index < -0.39 is 22.5 Å². The zero-order valence-corrected chi connectivity index (χ0v) is 20.0. The fourth-order valence-corrected chi connectivity index (χ4v) is 4.69. The van der Waals surface area contributed by atoms with Gasteiger partial charge in [-0.05, 0) is 85.6 Å². The van der Waals surface area contributed by atoms with Crippen molar-refractivity contribution in [2.24, 2.45) is 0 Å². The maximum absolute atomic E-state index is 13.4. The molecule has 3 aromatic rings. The van der Waals surface area contributed by atoms with Gasteiger partial charge in [-0.25, -0.2) is 8.42 Å². The monoisotopic (exact) mass is 493 g/mol. The van der Waals surface area contributed by atoms with Crippen LogP contribution in [0.4, 0.5) is 5.69 Å². The van der Waals surface area contributed by atoms with Gasteiger partial charge in [0.25, 0.3) is 15.9 Å². The van der Waals surface area contributed by atoms with Gasteiger partial charge in [0.1, 0.15) is 11.5 Å². The summed E-state index contributed by atoms with van der Waals surface area (Å²) in [6, 6.07) is 15.1. The molecule has 0 aliphatic rings. The Morgan fingerprint density at radius 2 is 1.47 bits per heavy atom. The van der Waals surface area contributed by atoms with E-state index in [1.165, 1.54) is 43.5 Å². The van der Waals surface area contributed by atoms with Crippen LogP contribution in [0.15, 0.2) is 65.6 Å². The number of halogens is 2. The minimum absolute atomic E-state index is 0.0794. The fraction of sp³-hybridized carbons (Fsp3) is 0.174. The first-order valence-electron chi connectivity index (χ1n) is 9.51. The van der Waals surface area contributed by atoms with Crippen LogP contribution in [0.3, 0.4) is 0 Å². The van der Waals surface area contributed by atoms with Crippen molar-refractivity contribution in [2.45, 2.75) is 18.7 Å². The summed E-state index contributed by atoms with van der Waals surface area (Å²) in [6.45, 7) is 3.14. The number of aryl methyl sites for hydroxylation is 2. The first kappa shape index (κ1) is 23.9. The molecule has 0 unspecified atom stereocenters. The highest BCUT2D eigenvalue weighted by Crippen LogP contribution is 2.28. The number of hydrogen-bond acceptors (Lipinski definition) is 5. The Balaban J connectivity index is 1.96. The summed E-state index contributed by atoms with van der Waals surface area (Å²) in [6.07, 6.45) is 0. The second-order valence-electron chi connectivity index (χ2n) is 6.97. The van der Waals surface area contributed by atoms with Gasteiger partial charge in [0.2, 0.25) is 0 Å². The third-order valence-corrected chi connectivity index (χ3v) is 7.27. The summed E-state index contributed by atoms with van der Waals surface area (Å²) >= 11 is 12.1. The van der Waals surface area contributed by atoms with Gasteiger partial charge >= 0.3 is 0 Å². The second-order valence-corrected chi connectivity index (χ2v) is 9.58. The van der Waals surface area contributed by atoms with Crippen LogP contribution < -0.4 is 13.8 Å². The predicted octanol–water partition coefficient (Wildman–Crippen LogP) is 5.42. The summed E-state index contributed by atoms with van der Waals surface area (Å²) in [5.41, 5.74) is 1.72. The molecule has 0 radical (unpaired) electrons. The second kappa shape index (κ2) is 9.81. The van der Waals surface area contributed by atoms with Crippen molar-refractivity contribution in [1.29, 1.82) is 0 Å². The maximum atomic E-state index is 13.4. The molecule has 0 aliphatic carbocycles. The number of methoxy groups -OCH3 is 1.